The van der Waals surface area contributed by atoms with Crippen LogP contribution in [0.25, 0.3) is 0 Å². The summed E-state index contributed by atoms with van der Waals surface area (Å²) in [6, 6.07) is 5.48. The minimum atomic E-state index is -0.240. The van der Waals surface area contributed by atoms with Crippen LogP contribution in [-0.2, 0) is 22.0 Å². The summed E-state index contributed by atoms with van der Waals surface area (Å²) in [5.41, 5.74) is 2.69. The van der Waals surface area contributed by atoms with Crippen LogP contribution in [0.1, 0.15) is 18.1 Å². The van der Waals surface area contributed by atoms with Crippen LogP contribution in [0.4, 0.5) is 5.69 Å². The molecule has 1 rings (SSSR count). The first-order chi connectivity index (χ1) is 8.60. The fourth-order valence-electron chi connectivity index (χ4n) is 1.54. The van der Waals surface area contributed by atoms with E-state index in [9.17, 15) is 4.79 Å². The van der Waals surface area contributed by atoms with Gasteiger partial charge in [-0.3, -0.25) is 4.79 Å². The number of hydrogen-bond donors (Lipinski definition) is 2. The van der Waals surface area contributed by atoms with E-state index in [0.717, 1.165) is 16.8 Å². The van der Waals surface area contributed by atoms with Gasteiger partial charge in [-0.25, -0.2) is 0 Å². The van der Waals surface area contributed by atoms with E-state index in [4.69, 9.17) is 16.3 Å². The van der Waals surface area contributed by atoms with Crippen molar-refractivity contribution in [2.24, 2.45) is 0 Å². The molecule has 0 aromatic heterocycles. The Bertz CT molecular complexity index is 410. The average Bonchev–Trinajstić information content (AvgIpc) is 2.37. The molecule has 0 aliphatic rings. The third kappa shape index (κ3) is 4.29. The molecule has 0 bridgehead atoms. The number of anilines is 1. The first-order valence-electron chi connectivity index (χ1n) is 5.76. The molecule has 0 aliphatic carbocycles. The van der Waals surface area contributed by atoms with Gasteiger partial charge in [0.25, 0.3) is 0 Å². The molecule has 1 aromatic rings. The van der Waals surface area contributed by atoms with Crippen LogP contribution in [0.15, 0.2) is 18.2 Å². The summed E-state index contributed by atoms with van der Waals surface area (Å²) in [6.45, 7) is 2.30. The van der Waals surface area contributed by atoms with Crippen LogP contribution in [-0.4, -0.2) is 26.1 Å². The van der Waals surface area contributed by atoms with Gasteiger partial charge in [-0.15, -0.1) is 11.6 Å². The van der Waals surface area contributed by atoms with Crippen LogP contribution in [0, 0.1) is 0 Å². The second kappa shape index (κ2) is 7.36. The lowest BCUT2D eigenvalue weighted by Gasteiger charge is -2.13. The smallest absolute Gasteiger partial charge is 0.241 e. The second-order valence-corrected chi connectivity index (χ2v) is 4.37. The Labute approximate surface area is 113 Å². The lowest BCUT2D eigenvalue weighted by atomic mass is 10.1. The van der Waals surface area contributed by atoms with Crippen LogP contribution in [0.3, 0.4) is 0 Å². The molecule has 5 heteroatoms. The lowest BCUT2D eigenvalue weighted by Crippen LogP contribution is -2.35. The molecule has 0 saturated heterocycles. The predicted octanol–water partition coefficient (Wildman–Crippen LogP) is 2.12. The monoisotopic (exact) mass is 270 g/mol. The van der Waals surface area contributed by atoms with Gasteiger partial charge in [0, 0.05) is 18.7 Å². The Hall–Kier alpha value is -1.10. The van der Waals surface area contributed by atoms with E-state index in [-0.39, 0.29) is 11.9 Å². The average molecular weight is 271 g/mol. The number of carbonyl (C=O) groups excluding carboxylic acids is 1. The number of alkyl halides is 1. The number of benzene rings is 1. The third-order valence-corrected chi connectivity index (χ3v) is 2.92. The minimum Gasteiger partial charge on any atom is -0.380 e. The molecule has 0 radical (unpaired) electrons. The van der Waals surface area contributed by atoms with Crippen molar-refractivity contribution in [2.45, 2.75) is 25.5 Å². The van der Waals surface area contributed by atoms with Crippen molar-refractivity contribution in [3.05, 3.63) is 29.3 Å². The van der Waals surface area contributed by atoms with E-state index in [0.29, 0.717) is 12.5 Å². The number of hydrogen-bond acceptors (Lipinski definition) is 3. The van der Waals surface area contributed by atoms with Gasteiger partial charge in [0.1, 0.15) is 0 Å². The Morgan fingerprint density at radius 3 is 2.61 bits per heavy atom. The maximum Gasteiger partial charge on any atom is 0.241 e. The summed E-state index contributed by atoms with van der Waals surface area (Å²) in [5, 5.41) is 5.74. The zero-order valence-corrected chi connectivity index (χ0v) is 11.7. The summed E-state index contributed by atoms with van der Waals surface area (Å²) < 4.78 is 5.09. The van der Waals surface area contributed by atoms with Gasteiger partial charge in [-0.1, -0.05) is 6.07 Å². The molecule has 1 unspecified atom stereocenters. The molecule has 1 aromatic carbocycles. The SMILES string of the molecule is CNC(C)C(=O)Nc1cc(CCl)cc(COC)c1. The number of rotatable bonds is 6. The van der Waals surface area contributed by atoms with Gasteiger partial charge < -0.3 is 15.4 Å². The van der Waals surface area contributed by atoms with Crippen molar-refractivity contribution in [2.75, 3.05) is 19.5 Å². The zero-order chi connectivity index (χ0) is 13.5. The van der Waals surface area contributed by atoms with Crippen molar-refractivity contribution in [1.29, 1.82) is 0 Å². The number of carbonyl (C=O) groups is 1. The normalized spacial score (nSPS) is 12.2. The van der Waals surface area contributed by atoms with Gasteiger partial charge >= 0.3 is 0 Å². The highest BCUT2D eigenvalue weighted by molar-refractivity contribution is 6.17. The number of ether oxygens (including phenoxy) is 1. The Kier molecular flexibility index (Phi) is 6.12. The molecule has 0 heterocycles. The fraction of sp³-hybridized carbons (Fsp3) is 0.462. The molecule has 0 saturated carbocycles. The molecular formula is C13H19ClN2O2. The number of amides is 1. The summed E-state index contributed by atoms with van der Waals surface area (Å²) in [5.74, 6) is 0.328. The first-order valence-corrected chi connectivity index (χ1v) is 6.30. The summed E-state index contributed by atoms with van der Waals surface area (Å²) in [6.07, 6.45) is 0. The summed E-state index contributed by atoms with van der Waals surface area (Å²) in [4.78, 5) is 11.8. The number of nitrogens with one attached hydrogen (secondary N) is 2. The van der Waals surface area contributed by atoms with Crippen LogP contribution < -0.4 is 10.6 Å². The van der Waals surface area contributed by atoms with Crippen molar-refractivity contribution in [1.82, 2.24) is 5.32 Å². The topological polar surface area (TPSA) is 50.4 Å². The molecule has 18 heavy (non-hydrogen) atoms. The first kappa shape index (κ1) is 15.0. The molecule has 1 atom stereocenters. The molecule has 2 N–H and O–H groups in total. The van der Waals surface area contributed by atoms with E-state index in [1.165, 1.54) is 0 Å². The Balaban J connectivity index is 2.87. The Morgan fingerprint density at radius 2 is 2.06 bits per heavy atom. The van der Waals surface area contributed by atoms with Crippen molar-refractivity contribution in [3.8, 4) is 0 Å². The van der Waals surface area contributed by atoms with Crippen LogP contribution in [0.2, 0.25) is 0 Å². The van der Waals surface area contributed by atoms with Gasteiger partial charge in [0.15, 0.2) is 0 Å². The van der Waals surface area contributed by atoms with Crippen molar-refractivity contribution in [3.63, 3.8) is 0 Å². The van der Waals surface area contributed by atoms with Crippen molar-refractivity contribution < 1.29 is 9.53 Å². The van der Waals surface area contributed by atoms with E-state index in [2.05, 4.69) is 10.6 Å². The summed E-state index contributed by atoms with van der Waals surface area (Å²) in [7, 11) is 3.38. The quantitative estimate of drug-likeness (QED) is 0.779. The van der Waals surface area contributed by atoms with Gasteiger partial charge in [0.05, 0.1) is 12.6 Å². The maximum atomic E-state index is 11.8. The number of halogens is 1. The van der Waals surface area contributed by atoms with Gasteiger partial charge in [-0.2, -0.15) is 0 Å². The number of likely N-dealkylation sites (N-methyl/N-ethyl adjacent to an activating group) is 1. The van der Waals surface area contributed by atoms with E-state index >= 15 is 0 Å². The van der Waals surface area contributed by atoms with Crippen LogP contribution in [0.5, 0.6) is 0 Å². The zero-order valence-electron chi connectivity index (χ0n) is 10.9. The van der Waals surface area contributed by atoms with E-state index < -0.39 is 0 Å². The maximum absolute atomic E-state index is 11.8. The molecule has 4 nitrogen and oxygen atoms in total. The molecule has 1 amide bonds. The largest absolute Gasteiger partial charge is 0.380 e. The molecule has 0 aliphatic heterocycles. The molecule has 0 spiro atoms. The summed E-state index contributed by atoms with van der Waals surface area (Å²) >= 11 is 5.83. The highest BCUT2D eigenvalue weighted by Crippen LogP contribution is 2.17. The fourth-order valence-corrected chi connectivity index (χ4v) is 1.70. The molecule has 0 fully saturated rings. The minimum absolute atomic E-state index is 0.0763. The van der Waals surface area contributed by atoms with Gasteiger partial charge in [-0.05, 0) is 37.2 Å². The standard InChI is InChI=1S/C13H19ClN2O2/c1-9(15-2)13(17)16-12-5-10(7-14)4-11(6-12)8-18-3/h4-6,9,15H,7-8H2,1-3H3,(H,16,17). The number of methoxy groups -OCH3 is 1. The van der Waals surface area contributed by atoms with Crippen molar-refractivity contribution >= 4 is 23.2 Å². The molecule has 100 valence electrons. The third-order valence-electron chi connectivity index (χ3n) is 2.61. The Morgan fingerprint density at radius 1 is 1.39 bits per heavy atom. The van der Waals surface area contributed by atoms with Crippen LogP contribution >= 0.6 is 11.6 Å². The van der Waals surface area contributed by atoms with E-state index in [1.807, 2.05) is 18.2 Å². The molecular weight excluding hydrogens is 252 g/mol. The highest BCUT2D eigenvalue weighted by Gasteiger charge is 2.11. The van der Waals surface area contributed by atoms with Gasteiger partial charge in [0.2, 0.25) is 5.91 Å². The van der Waals surface area contributed by atoms with E-state index in [1.54, 1.807) is 21.1 Å². The lowest BCUT2D eigenvalue weighted by molar-refractivity contribution is -0.117. The predicted molar refractivity (Wildman–Crippen MR) is 73.9 cm³/mol. The second-order valence-electron chi connectivity index (χ2n) is 4.10. The highest BCUT2D eigenvalue weighted by atomic mass is 35.5.